The zero-order chi connectivity index (χ0) is 23.6. The van der Waals surface area contributed by atoms with Crippen LogP contribution >= 0.6 is 0 Å². The Labute approximate surface area is 189 Å². The van der Waals surface area contributed by atoms with Crippen LogP contribution in [0.2, 0.25) is 0 Å². The van der Waals surface area contributed by atoms with Gasteiger partial charge < -0.3 is 20.5 Å². The molecule has 0 heterocycles. The summed E-state index contributed by atoms with van der Waals surface area (Å²) in [6.45, 7) is -0.0231. The van der Waals surface area contributed by atoms with Crippen molar-refractivity contribution in [1.82, 2.24) is 10.6 Å². The lowest BCUT2D eigenvalue weighted by Crippen LogP contribution is -2.30. The highest BCUT2D eigenvalue weighted by molar-refractivity contribution is 5.79. The van der Waals surface area contributed by atoms with Crippen molar-refractivity contribution < 1.29 is 33.0 Å². The van der Waals surface area contributed by atoms with Crippen LogP contribution in [0.15, 0.2) is 48.5 Å². The molecule has 0 radical (unpaired) electrons. The molecule has 174 valence electrons. The first kappa shape index (κ1) is 22.7. The number of alkyl carbamates (subject to hydrolysis) is 1. The first-order chi connectivity index (χ1) is 15.8. The van der Waals surface area contributed by atoms with Crippen LogP contribution in [0.25, 0.3) is 11.1 Å². The third-order valence-electron chi connectivity index (χ3n) is 6.18. The van der Waals surface area contributed by atoms with Gasteiger partial charge in [-0.25, -0.2) is 13.6 Å². The molecule has 7 nitrogen and oxygen atoms in total. The molecule has 1 saturated carbocycles. The molecular weight excluding hydrogens is 434 g/mol. The van der Waals surface area contributed by atoms with Gasteiger partial charge in [0.15, 0.2) is 0 Å². The number of aliphatic carboxylic acids is 1. The summed E-state index contributed by atoms with van der Waals surface area (Å²) in [4.78, 5) is 34.6. The lowest BCUT2D eigenvalue weighted by molar-refractivity contribution is -0.141. The Kier molecular flexibility index (Phi) is 6.31. The van der Waals surface area contributed by atoms with Crippen LogP contribution in [0.5, 0.6) is 0 Å². The minimum Gasteiger partial charge on any atom is -0.481 e. The number of rotatable bonds is 9. The molecule has 1 fully saturated rings. The summed E-state index contributed by atoms with van der Waals surface area (Å²) in [6.07, 6.45) is -0.293. The molecule has 0 saturated heterocycles. The normalized spacial score (nSPS) is 19.8. The Hall–Kier alpha value is -3.49. The SMILES string of the molecule is O=C(CCCNC(=O)OCC1c2ccccc2-c2ccccc21)NC[C@H]1[C@@H](C(=O)O)C1(F)F. The average molecular weight is 458 g/mol. The maximum absolute atomic E-state index is 13.3. The van der Waals surface area contributed by atoms with E-state index in [1.54, 1.807) is 0 Å². The van der Waals surface area contributed by atoms with Crippen LogP contribution in [0.3, 0.4) is 0 Å². The zero-order valence-electron chi connectivity index (χ0n) is 17.7. The second-order valence-corrected chi connectivity index (χ2v) is 8.26. The van der Waals surface area contributed by atoms with Gasteiger partial charge in [-0.1, -0.05) is 48.5 Å². The van der Waals surface area contributed by atoms with Crippen LogP contribution in [-0.2, 0) is 14.3 Å². The lowest BCUT2D eigenvalue weighted by Gasteiger charge is -2.14. The van der Waals surface area contributed by atoms with Crippen molar-refractivity contribution in [3.8, 4) is 11.1 Å². The smallest absolute Gasteiger partial charge is 0.407 e. The van der Waals surface area contributed by atoms with Crippen LogP contribution in [0.1, 0.15) is 29.9 Å². The standard InChI is InChI=1S/C24H24F2N2O5/c25-24(26)19(21(24)22(30)31)12-28-20(29)10-5-11-27-23(32)33-13-18-16-8-3-1-6-14(16)15-7-2-4-9-17(15)18/h1-4,6-9,18-19,21H,5,10-13H2,(H,27,32)(H,28,29)(H,30,31)/t19-,21-/m0/s1. The Morgan fingerprint density at radius 3 is 2.15 bits per heavy atom. The second kappa shape index (κ2) is 9.17. The number of alkyl halides is 2. The molecule has 2 aliphatic carbocycles. The second-order valence-electron chi connectivity index (χ2n) is 8.26. The van der Waals surface area contributed by atoms with Gasteiger partial charge in [-0.15, -0.1) is 0 Å². The summed E-state index contributed by atoms with van der Waals surface area (Å²) in [5.41, 5.74) is 4.47. The Bertz CT molecular complexity index is 1030. The molecule has 3 N–H and O–H groups in total. The van der Waals surface area contributed by atoms with E-state index in [9.17, 15) is 23.2 Å². The number of benzene rings is 2. The highest BCUT2D eigenvalue weighted by Crippen LogP contribution is 2.54. The van der Waals surface area contributed by atoms with Crippen molar-refractivity contribution in [3.05, 3.63) is 59.7 Å². The van der Waals surface area contributed by atoms with Crippen molar-refractivity contribution in [2.75, 3.05) is 19.7 Å². The van der Waals surface area contributed by atoms with Crippen LogP contribution in [-0.4, -0.2) is 48.7 Å². The summed E-state index contributed by atoms with van der Waals surface area (Å²) < 4.78 is 32.0. The molecule has 0 aromatic heterocycles. The Balaban J connectivity index is 1.16. The van der Waals surface area contributed by atoms with Gasteiger partial charge in [0.25, 0.3) is 5.92 Å². The molecule has 9 heteroatoms. The van der Waals surface area contributed by atoms with Crippen molar-refractivity contribution in [1.29, 1.82) is 0 Å². The first-order valence-corrected chi connectivity index (χ1v) is 10.8. The maximum Gasteiger partial charge on any atom is 0.407 e. The number of carboxylic acids is 1. The van der Waals surface area contributed by atoms with E-state index in [1.165, 1.54) is 0 Å². The van der Waals surface area contributed by atoms with Gasteiger partial charge in [0, 0.05) is 25.4 Å². The van der Waals surface area contributed by atoms with E-state index in [2.05, 4.69) is 10.6 Å². The fourth-order valence-corrected chi connectivity index (χ4v) is 4.38. The van der Waals surface area contributed by atoms with Gasteiger partial charge in [-0.2, -0.15) is 0 Å². The molecule has 2 amide bonds. The zero-order valence-corrected chi connectivity index (χ0v) is 17.7. The van der Waals surface area contributed by atoms with E-state index in [1.807, 2.05) is 48.5 Å². The third-order valence-corrected chi connectivity index (χ3v) is 6.18. The van der Waals surface area contributed by atoms with Crippen LogP contribution in [0, 0.1) is 11.8 Å². The van der Waals surface area contributed by atoms with Crippen molar-refractivity contribution in [3.63, 3.8) is 0 Å². The predicted molar refractivity (Wildman–Crippen MR) is 115 cm³/mol. The topological polar surface area (TPSA) is 105 Å². The van der Waals surface area contributed by atoms with Crippen LogP contribution in [0.4, 0.5) is 13.6 Å². The predicted octanol–water partition coefficient (Wildman–Crippen LogP) is 3.39. The minimum atomic E-state index is -3.29. The number of hydrogen-bond acceptors (Lipinski definition) is 4. The van der Waals surface area contributed by atoms with Crippen molar-refractivity contribution >= 4 is 18.0 Å². The molecule has 4 rings (SSSR count). The summed E-state index contributed by atoms with van der Waals surface area (Å²) >= 11 is 0. The molecule has 2 atom stereocenters. The quantitative estimate of drug-likeness (QED) is 0.500. The fraction of sp³-hybridized carbons (Fsp3) is 0.375. The van der Waals surface area contributed by atoms with Gasteiger partial charge in [0.1, 0.15) is 12.5 Å². The molecular formula is C24H24F2N2O5. The van der Waals surface area contributed by atoms with Gasteiger partial charge in [-0.3, -0.25) is 9.59 Å². The van der Waals surface area contributed by atoms with E-state index in [0.29, 0.717) is 6.42 Å². The van der Waals surface area contributed by atoms with Gasteiger partial charge >= 0.3 is 12.1 Å². The number of nitrogens with one attached hydrogen (secondary N) is 2. The summed E-state index contributed by atoms with van der Waals surface area (Å²) in [5, 5.41) is 13.6. The molecule has 2 aromatic carbocycles. The number of carboxylic acid groups (broad SMARTS) is 1. The van der Waals surface area contributed by atoms with Gasteiger partial charge in [-0.05, 0) is 28.7 Å². The summed E-state index contributed by atoms with van der Waals surface area (Å²) in [7, 11) is 0. The largest absolute Gasteiger partial charge is 0.481 e. The molecule has 0 bridgehead atoms. The maximum atomic E-state index is 13.3. The number of fused-ring (bicyclic) bond motifs is 3. The van der Waals surface area contributed by atoms with Crippen molar-refractivity contribution in [2.24, 2.45) is 11.8 Å². The van der Waals surface area contributed by atoms with E-state index in [-0.39, 0.29) is 32.0 Å². The molecule has 2 aliphatic rings. The molecule has 0 unspecified atom stereocenters. The Morgan fingerprint density at radius 1 is 0.970 bits per heavy atom. The van der Waals surface area contributed by atoms with E-state index >= 15 is 0 Å². The number of ether oxygens (including phenoxy) is 1. The molecule has 33 heavy (non-hydrogen) atoms. The van der Waals surface area contributed by atoms with Gasteiger partial charge in [0.05, 0.1) is 5.92 Å². The molecule has 0 spiro atoms. The number of carbonyl (C=O) groups is 3. The van der Waals surface area contributed by atoms with Crippen LogP contribution < -0.4 is 10.6 Å². The number of hydrogen-bond donors (Lipinski definition) is 3. The summed E-state index contributed by atoms with van der Waals surface area (Å²) in [5.74, 6) is -8.50. The van der Waals surface area contributed by atoms with E-state index < -0.39 is 35.7 Å². The average Bonchev–Trinajstić information content (AvgIpc) is 3.21. The van der Waals surface area contributed by atoms with E-state index in [4.69, 9.17) is 9.84 Å². The molecule has 0 aliphatic heterocycles. The third kappa shape index (κ3) is 4.67. The number of halogens is 2. The van der Waals surface area contributed by atoms with Crippen molar-refractivity contribution in [2.45, 2.75) is 24.7 Å². The summed E-state index contributed by atoms with van der Waals surface area (Å²) in [6, 6.07) is 16.0. The highest BCUT2D eigenvalue weighted by Gasteiger charge is 2.72. The monoisotopic (exact) mass is 458 g/mol. The molecule has 2 aromatic rings. The fourth-order valence-electron chi connectivity index (χ4n) is 4.38. The lowest BCUT2D eigenvalue weighted by atomic mass is 9.98. The minimum absolute atomic E-state index is 0.0136. The highest BCUT2D eigenvalue weighted by atomic mass is 19.3. The van der Waals surface area contributed by atoms with E-state index in [0.717, 1.165) is 22.3 Å². The van der Waals surface area contributed by atoms with Gasteiger partial charge in [0.2, 0.25) is 5.91 Å². The number of amides is 2. The number of carbonyl (C=O) groups excluding carboxylic acids is 2. The Morgan fingerprint density at radius 2 is 1.58 bits per heavy atom. The first-order valence-electron chi connectivity index (χ1n) is 10.8.